The van der Waals surface area contributed by atoms with Gasteiger partial charge >= 0.3 is 12.1 Å². The number of nitrogens with zero attached hydrogens (tertiary/aromatic N) is 2. The Morgan fingerprint density at radius 2 is 1.91 bits per heavy atom. The van der Waals surface area contributed by atoms with Crippen molar-refractivity contribution in [2.24, 2.45) is 11.8 Å². The molecular formula is C30H48ClN7O6. The number of hydrazine groups is 3. The van der Waals surface area contributed by atoms with E-state index in [4.69, 9.17) is 16.3 Å². The minimum absolute atomic E-state index is 0.0602. The molecule has 44 heavy (non-hydrogen) atoms. The quantitative estimate of drug-likeness (QED) is 0.199. The van der Waals surface area contributed by atoms with Gasteiger partial charge in [0.15, 0.2) is 0 Å². The van der Waals surface area contributed by atoms with Gasteiger partial charge in [0, 0.05) is 17.8 Å². The van der Waals surface area contributed by atoms with Gasteiger partial charge in [0.05, 0.1) is 12.2 Å². The number of nitrogens with one attached hydrogen (secondary N) is 5. The summed E-state index contributed by atoms with van der Waals surface area (Å²) < 4.78 is 5.47. The number of alkyl halides is 1. The van der Waals surface area contributed by atoms with Gasteiger partial charge in [0.25, 0.3) is 0 Å². The average Bonchev–Trinajstić information content (AvgIpc) is 3.27. The highest BCUT2D eigenvalue weighted by atomic mass is 35.5. The van der Waals surface area contributed by atoms with E-state index < -0.39 is 41.2 Å². The Morgan fingerprint density at radius 1 is 1.11 bits per heavy atom. The van der Waals surface area contributed by atoms with Crippen molar-refractivity contribution in [3.05, 3.63) is 12.2 Å². The van der Waals surface area contributed by atoms with Crippen molar-refractivity contribution >= 4 is 35.5 Å². The highest BCUT2D eigenvalue weighted by molar-refractivity contribution is 6.20. The lowest BCUT2D eigenvalue weighted by atomic mass is 9.87. The Labute approximate surface area is 264 Å². The van der Waals surface area contributed by atoms with E-state index in [0.29, 0.717) is 25.2 Å². The second-order valence-electron chi connectivity index (χ2n) is 14.0. The lowest BCUT2D eigenvalue weighted by Crippen LogP contribution is -2.56. The molecule has 5 aliphatic rings. The van der Waals surface area contributed by atoms with Crippen LogP contribution in [0.2, 0.25) is 0 Å². The normalized spacial score (nSPS) is 38.0. The third-order valence-corrected chi connectivity index (χ3v) is 9.83. The van der Waals surface area contributed by atoms with Gasteiger partial charge in [-0.15, -0.1) is 11.6 Å². The Bertz CT molecular complexity index is 1130. The molecule has 6 N–H and O–H groups in total. The molecule has 3 heterocycles. The summed E-state index contributed by atoms with van der Waals surface area (Å²) in [7, 11) is 0. The molecule has 3 aliphatic heterocycles. The van der Waals surface area contributed by atoms with Crippen LogP contribution in [0, 0.1) is 11.8 Å². The molecule has 8 atom stereocenters. The molecule has 0 radical (unpaired) electrons. The maximum Gasteiger partial charge on any atom is 0.408 e. The summed E-state index contributed by atoms with van der Waals surface area (Å²) >= 11 is 6.45. The molecule has 0 bridgehead atoms. The third-order valence-electron chi connectivity index (χ3n) is 9.43. The fraction of sp³-hybridized carbons (Fsp3) is 0.800. The van der Waals surface area contributed by atoms with E-state index in [1.807, 2.05) is 12.2 Å². The molecule has 0 aromatic carbocycles. The van der Waals surface area contributed by atoms with E-state index in [-0.39, 0.29) is 42.4 Å². The van der Waals surface area contributed by atoms with E-state index in [2.05, 4.69) is 27.0 Å². The fourth-order valence-electron chi connectivity index (χ4n) is 6.96. The van der Waals surface area contributed by atoms with E-state index in [0.717, 1.165) is 44.9 Å². The highest BCUT2D eigenvalue weighted by Gasteiger charge is 2.61. The van der Waals surface area contributed by atoms with Gasteiger partial charge < -0.3 is 25.4 Å². The molecule has 13 nitrogen and oxygen atoms in total. The molecule has 2 saturated carbocycles. The maximum atomic E-state index is 14.2. The van der Waals surface area contributed by atoms with Crippen LogP contribution in [-0.2, 0) is 19.1 Å². The van der Waals surface area contributed by atoms with Crippen LogP contribution in [0.5, 0.6) is 0 Å². The minimum atomic E-state index is -1.38. The largest absolute Gasteiger partial charge is 0.479 e. The molecular weight excluding hydrogens is 590 g/mol. The van der Waals surface area contributed by atoms with Gasteiger partial charge in [-0.1, -0.05) is 31.4 Å². The summed E-state index contributed by atoms with van der Waals surface area (Å²) in [6.07, 6.45) is 11.2. The van der Waals surface area contributed by atoms with Gasteiger partial charge in [-0.05, 0) is 78.1 Å². The predicted octanol–water partition coefficient (Wildman–Crippen LogP) is 2.28. The Hall–Kier alpha value is -2.45. The van der Waals surface area contributed by atoms with Crippen LogP contribution < -0.4 is 27.0 Å². The van der Waals surface area contributed by atoms with Crippen molar-refractivity contribution in [1.82, 2.24) is 37.0 Å². The van der Waals surface area contributed by atoms with Gasteiger partial charge in [-0.2, -0.15) is 10.7 Å². The first-order chi connectivity index (χ1) is 20.9. The SMILES string of the molecule is CC(C)(C)OC(=O)N[C@H]1CCCCC/C=C\[C@@H]2C[C@@]2(C(=O)O)NC(=O)[C@@H]2C[C@@H](N3NNC(C4CCCC(Cl)C4)N3)CN2C1=O. The van der Waals surface area contributed by atoms with Crippen molar-refractivity contribution < 1.29 is 29.0 Å². The summed E-state index contributed by atoms with van der Waals surface area (Å²) in [5.41, 5.74) is 7.81. The predicted molar refractivity (Wildman–Crippen MR) is 163 cm³/mol. The lowest BCUT2D eigenvalue weighted by Gasteiger charge is -2.31. The molecule has 3 amide bonds. The fourth-order valence-corrected chi connectivity index (χ4v) is 7.34. The number of alkyl carbamates (subject to hydrolysis) is 1. The van der Waals surface area contributed by atoms with E-state index in [9.17, 15) is 24.3 Å². The Balaban J connectivity index is 1.37. The molecule has 246 valence electrons. The number of rotatable bonds is 4. The molecule has 0 spiro atoms. The van der Waals surface area contributed by atoms with Crippen LogP contribution in [0.15, 0.2) is 12.2 Å². The smallest absolute Gasteiger partial charge is 0.408 e. The highest BCUT2D eigenvalue weighted by Crippen LogP contribution is 2.45. The maximum absolute atomic E-state index is 14.2. The Kier molecular flexibility index (Phi) is 10.1. The van der Waals surface area contributed by atoms with E-state index >= 15 is 0 Å². The first-order valence-corrected chi connectivity index (χ1v) is 16.5. The number of allylic oxidation sites excluding steroid dienone is 1. The number of ether oxygens (including phenoxy) is 1. The first-order valence-electron chi connectivity index (χ1n) is 16.1. The number of halogens is 1. The van der Waals surface area contributed by atoms with Gasteiger partial charge in [0.1, 0.15) is 23.2 Å². The van der Waals surface area contributed by atoms with Crippen LogP contribution in [-0.4, -0.2) is 86.4 Å². The summed E-state index contributed by atoms with van der Waals surface area (Å²) in [6, 6.07) is -2.12. The summed E-state index contributed by atoms with van der Waals surface area (Å²) in [4.78, 5) is 54.7. The molecule has 4 fully saturated rings. The summed E-state index contributed by atoms with van der Waals surface area (Å²) in [6.45, 7) is 5.46. The monoisotopic (exact) mass is 637 g/mol. The number of carboxylic acids is 1. The van der Waals surface area contributed by atoms with Crippen LogP contribution in [0.25, 0.3) is 0 Å². The zero-order chi connectivity index (χ0) is 31.6. The number of carboxylic acid groups (broad SMARTS) is 1. The van der Waals surface area contributed by atoms with E-state index in [1.165, 1.54) is 4.90 Å². The zero-order valence-electron chi connectivity index (χ0n) is 25.9. The zero-order valence-corrected chi connectivity index (χ0v) is 26.7. The second-order valence-corrected chi connectivity index (χ2v) is 14.6. The van der Waals surface area contributed by atoms with E-state index in [1.54, 1.807) is 25.9 Å². The van der Waals surface area contributed by atoms with Crippen molar-refractivity contribution in [3.63, 3.8) is 0 Å². The summed E-state index contributed by atoms with van der Waals surface area (Å²) in [5.74, 6) is -1.96. The van der Waals surface area contributed by atoms with Gasteiger partial charge in [-0.25, -0.2) is 20.4 Å². The number of fused-ring (bicyclic) bond motifs is 2. The van der Waals surface area contributed by atoms with Crippen LogP contribution >= 0.6 is 11.6 Å². The first kappa shape index (κ1) is 32.9. The number of aliphatic carboxylic acids is 1. The molecule has 14 heteroatoms. The van der Waals surface area contributed by atoms with Gasteiger partial charge in [0.2, 0.25) is 11.8 Å². The van der Waals surface area contributed by atoms with Crippen LogP contribution in [0.3, 0.4) is 0 Å². The second kappa shape index (κ2) is 13.5. The van der Waals surface area contributed by atoms with Crippen molar-refractivity contribution in [2.75, 3.05) is 6.54 Å². The van der Waals surface area contributed by atoms with Crippen LogP contribution in [0.4, 0.5) is 4.79 Å². The van der Waals surface area contributed by atoms with Crippen molar-refractivity contribution in [1.29, 1.82) is 0 Å². The third kappa shape index (κ3) is 7.67. The number of amides is 3. The van der Waals surface area contributed by atoms with Gasteiger partial charge in [-0.3, -0.25) is 9.59 Å². The lowest BCUT2D eigenvalue weighted by molar-refractivity contribution is -0.145. The van der Waals surface area contributed by atoms with Crippen molar-refractivity contribution in [2.45, 2.75) is 132 Å². The molecule has 0 aromatic heterocycles. The number of carbonyl (C=O) groups is 4. The molecule has 2 aliphatic carbocycles. The molecule has 3 unspecified atom stereocenters. The number of carbonyl (C=O) groups excluding carboxylic acids is 3. The number of hydrogen-bond donors (Lipinski definition) is 6. The average molecular weight is 638 g/mol. The molecule has 5 rings (SSSR count). The summed E-state index contributed by atoms with van der Waals surface area (Å²) in [5, 5.41) is 17.6. The minimum Gasteiger partial charge on any atom is -0.479 e. The van der Waals surface area contributed by atoms with Crippen LogP contribution in [0.1, 0.15) is 91.4 Å². The standard InChI is InChI=1S/C30H48ClN7O6/c1-29(2,3)44-28(43)32-22-13-8-6-4-5-7-11-19-16-30(19,27(41)42)33-25(39)23-15-21(17-37(23)26(22)40)38-35-24(34-36-38)18-10-9-12-20(31)14-18/h7,11,18-24,34-36H,4-6,8-10,12-17H2,1-3H3,(H,32,43)(H,33,39)(H,41,42)/b11-7-/t18?,19-,20?,21-,22+,23+,24?,30-/m1/s1. The molecule has 2 saturated heterocycles. The Morgan fingerprint density at radius 3 is 2.64 bits per heavy atom. The number of hydrogen-bond acceptors (Lipinski definition) is 9. The topological polar surface area (TPSA) is 164 Å². The van der Waals surface area contributed by atoms with Crippen molar-refractivity contribution in [3.8, 4) is 0 Å². The molecule has 0 aromatic rings.